The topological polar surface area (TPSA) is 52.6 Å². The van der Waals surface area contributed by atoms with Gasteiger partial charge in [0.15, 0.2) is 0 Å². The maximum absolute atomic E-state index is 13.6. The second-order valence-corrected chi connectivity index (χ2v) is 10.8. The van der Waals surface area contributed by atoms with Gasteiger partial charge < -0.3 is 15.3 Å². The second-order valence-electron chi connectivity index (χ2n) is 10.8. The summed E-state index contributed by atoms with van der Waals surface area (Å²) in [6.07, 6.45) is -11.7. The number of carboxylic acid groups (broad SMARTS) is 1. The van der Waals surface area contributed by atoms with Crippen molar-refractivity contribution in [1.29, 1.82) is 0 Å². The number of halogens is 9. The Morgan fingerprint density at radius 2 is 1.38 bits per heavy atom. The Hall–Kier alpha value is -2.96. The van der Waals surface area contributed by atoms with Gasteiger partial charge in [-0.1, -0.05) is 0 Å². The lowest BCUT2D eigenvalue weighted by Crippen LogP contribution is -2.33. The predicted molar refractivity (Wildman–Crippen MR) is 139 cm³/mol. The number of nitrogens with one attached hydrogen (secondary N) is 1. The van der Waals surface area contributed by atoms with E-state index in [0.717, 1.165) is 37.8 Å². The van der Waals surface area contributed by atoms with Gasteiger partial charge in [0.25, 0.3) is 0 Å². The summed E-state index contributed by atoms with van der Waals surface area (Å²) in [5, 5.41) is 11.9. The number of alkyl halides is 9. The number of hydrogen-bond donors (Lipinski definition) is 2. The van der Waals surface area contributed by atoms with E-state index in [1.165, 1.54) is 13.0 Å². The van der Waals surface area contributed by atoms with Crippen LogP contribution in [-0.4, -0.2) is 24.2 Å². The zero-order valence-electron chi connectivity index (χ0n) is 23.1. The largest absolute Gasteiger partial charge is 0.481 e. The highest BCUT2D eigenvalue weighted by molar-refractivity contribution is 5.67. The highest BCUT2D eigenvalue weighted by Crippen LogP contribution is 2.39. The van der Waals surface area contributed by atoms with E-state index in [1.807, 2.05) is 11.8 Å². The molecule has 1 saturated carbocycles. The number of aliphatic carboxylic acids is 1. The molecule has 0 heterocycles. The van der Waals surface area contributed by atoms with Gasteiger partial charge in [-0.2, -0.15) is 39.5 Å². The van der Waals surface area contributed by atoms with Crippen LogP contribution >= 0.6 is 0 Å². The third-order valence-corrected chi connectivity index (χ3v) is 7.75. The van der Waals surface area contributed by atoms with Crippen molar-refractivity contribution in [1.82, 2.24) is 5.32 Å². The summed E-state index contributed by atoms with van der Waals surface area (Å²) in [5.41, 5.74) is -3.53. The fourth-order valence-electron chi connectivity index (χ4n) is 5.40. The Morgan fingerprint density at radius 3 is 1.86 bits per heavy atom. The molecule has 42 heavy (non-hydrogen) atoms. The van der Waals surface area contributed by atoms with Crippen LogP contribution in [0.1, 0.15) is 79.8 Å². The molecule has 0 amide bonds. The van der Waals surface area contributed by atoms with E-state index in [-0.39, 0.29) is 42.0 Å². The van der Waals surface area contributed by atoms with Crippen LogP contribution in [0.3, 0.4) is 0 Å². The molecule has 0 radical (unpaired) electrons. The van der Waals surface area contributed by atoms with E-state index >= 15 is 0 Å². The highest BCUT2D eigenvalue weighted by atomic mass is 19.4. The van der Waals surface area contributed by atoms with Crippen molar-refractivity contribution < 1.29 is 49.4 Å². The van der Waals surface area contributed by atoms with Crippen molar-refractivity contribution in [3.63, 3.8) is 0 Å². The van der Waals surface area contributed by atoms with Crippen molar-refractivity contribution in [2.75, 3.05) is 18.0 Å². The van der Waals surface area contributed by atoms with E-state index in [4.69, 9.17) is 5.11 Å². The summed E-state index contributed by atoms with van der Waals surface area (Å²) in [6.45, 7) is 3.86. The fraction of sp³-hybridized carbons (Fsp3) is 0.552. The monoisotopic (exact) mass is 612 g/mol. The lowest BCUT2D eigenvalue weighted by Gasteiger charge is -2.34. The molecule has 0 aliphatic heterocycles. The number of carbonyl (C=O) groups is 1. The molecule has 3 rings (SSSR count). The van der Waals surface area contributed by atoms with Gasteiger partial charge in [-0.15, -0.1) is 0 Å². The van der Waals surface area contributed by atoms with Crippen molar-refractivity contribution in [3.05, 3.63) is 64.2 Å². The maximum Gasteiger partial charge on any atom is 0.416 e. The number of benzene rings is 2. The van der Waals surface area contributed by atoms with Gasteiger partial charge in [0.05, 0.1) is 16.7 Å². The minimum absolute atomic E-state index is 0.0232. The van der Waals surface area contributed by atoms with Crippen molar-refractivity contribution in [2.24, 2.45) is 11.8 Å². The Labute approximate surface area is 237 Å². The van der Waals surface area contributed by atoms with E-state index in [9.17, 15) is 44.3 Å². The molecule has 234 valence electrons. The zero-order chi connectivity index (χ0) is 31.5. The van der Waals surface area contributed by atoms with E-state index in [1.54, 1.807) is 0 Å². The first-order valence-electron chi connectivity index (χ1n) is 13.6. The number of hydrogen-bond acceptors (Lipinski definition) is 3. The maximum atomic E-state index is 13.6. The first kappa shape index (κ1) is 33.5. The third kappa shape index (κ3) is 9.02. The summed E-state index contributed by atoms with van der Waals surface area (Å²) in [7, 11) is 0. The van der Waals surface area contributed by atoms with Gasteiger partial charge in [0.2, 0.25) is 0 Å². The number of carboxylic acids is 1. The summed E-state index contributed by atoms with van der Waals surface area (Å²) in [5.74, 6) is -0.595. The number of anilines is 1. The van der Waals surface area contributed by atoms with Crippen molar-refractivity contribution in [3.8, 4) is 0 Å². The van der Waals surface area contributed by atoms with Gasteiger partial charge >= 0.3 is 24.5 Å². The van der Waals surface area contributed by atoms with Crippen LogP contribution < -0.4 is 10.2 Å². The molecule has 2 N–H and O–H groups in total. The van der Waals surface area contributed by atoms with Crippen LogP contribution in [0.15, 0.2) is 36.4 Å². The molecular weight excluding hydrogens is 579 g/mol. The molecule has 4 nitrogen and oxygen atoms in total. The fourth-order valence-corrected chi connectivity index (χ4v) is 5.40. The molecule has 2 aromatic carbocycles. The average molecular weight is 613 g/mol. The molecule has 0 spiro atoms. The molecule has 2 aromatic rings. The third-order valence-electron chi connectivity index (χ3n) is 7.75. The van der Waals surface area contributed by atoms with Crippen LogP contribution in [0.5, 0.6) is 0 Å². The minimum Gasteiger partial charge on any atom is -0.481 e. The molecule has 0 aromatic heterocycles. The quantitative estimate of drug-likeness (QED) is 0.264. The molecule has 1 fully saturated rings. The molecular formula is C29H33F9N2O2. The average Bonchev–Trinajstić information content (AvgIpc) is 2.89. The molecule has 0 bridgehead atoms. The Bertz CT molecular complexity index is 1180. The molecule has 1 aliphatic rings. The standard InChI is InChI=1S/C29H33F9N2O2/c1-3-40(16-19-6-4-18(5-7-19)10-26(41)42)25-9-8-22(27(30,31)32)13-21(25)15-39-17(2)20-11-23(28(33,34)35)14-24(12-20)29(36,37)38/h8-9,11-14,17-19,39H,3-7,10,15-16H2,1-2H3,(H,41,42)/t17?,18-,19-. The SMILES string of the molecule is CCN(C[C@H]1CC[C@H](CC(=O)O)CC1)c1ccc(C(F)(F)F)cc1CNC(C)c1cc(C(F)(F)F)cc(C(F)(F)F)c1. The zero-order valence-corrected chi connectivity index (χ0v) is 23.1. The van der Waals surface area contributed by atoms with Gasteiger partial charge in [0, 0.05) is 37.8 Å². The highest BCUT2D eigenvalue weighted by Gasteiger charge is 2.37. The first-order valence-corrected chi connectivity index (χ1v) is 13.6. The van der Waals surface area contributed by atoms with Gasteiger partial charge in [-0.05, 0) is 98.9 Å². The van der Waals surface area contributed by atoms with Crippen LogP contribution in [-0.2, 0) is 29.9 Å². The Kier molecular flexibility index (Phi) is 10.5. The van der Waals surface area contributed by atoms with Gasteiger partial charge in [-0.25, -0.2) is 0 Å². The summed E-state index contributed by atoms with van der Waals surface area (Å²) in [4.78, 5) is 12.9. The van der Waals surface area contributed by atoms with E-state index in [2.05, 4.69) is 5.32 Å². The van der Waals surface area contributed by atoms with E-state index in [0.29, 0.717) is 30.9 Å². The lowest BCUT2D eigenvalue weighted by molar-refractivity contribution is -0.143. The normalized spacial score (nSPS) is 19.0. The Morgan fingerprint density at radius 1 is 0.857 bits per heavy atom. The molecule has 13 heteroatoms. The summed E-state index contributed by atoms with van der Waals surface area (Å²) in [6, 6.07) is 3.37. The smallest absolute Gasteiger partial charge is 0.416 e. The second kappa shape index (κ2) is 13.1. The van der Waals surface area contributed by atoms with Crippen LogP contribution in [0.4, 0.5) is 45.2 Å². The Balaban J connectivity index is 1.85. The lowest BCUT2D eigenvalue weighted by atomic mass is 9.80. The molecule has 0 saturated heterocycles. The first-order chi connectivity index (χ1) is 19.4. The van der Waals surface area contributed by atoms with Gasteiger partial charge in [-0.3, -0.25) is 4.79 Å². The summed E-state index contributed by atoms with van der Waals surface area (Å²) >= 11 is 0. The number of nitrogens with zero attached hydrogens (tertiary/aromatic N) is 1. The number of rotatable bonds is 10. The minimum atomic E-state index is -5.03. The van der Waals surface area contributed by atoms with Crippen molar-refractivity contribution in [2.45, 2.75) is 77.1 Å². The van der Waals surface area contributed by atoms with Crippen LogP contribution in [0, 0.1) is 11.8 Å². The molecule has 1 unspecified atom stereocenters. The van der Waals surface area contributed by atoms with Crippen LogP contribution in [0.2, 0.25) is 0 Å². The van der Waals surface area contributed by atoms with E-state index < -0.39 is 47.2 Å². The molecule has 1 aliphatic carbocycles. The van der Waals surface area contributed by atoms with Crippen molar-refractivity contribution >= 4 is 11.7 Å². The molecule has 1 atom stereocenters. The van der Waals surface area contributed by atoms with Crippen LogP contribution in [0.25, 0.3) is 0 Å². The van der Waals surface area contributed by atoms with Gasteiger partial charge in [0.1, 0.15) is 0 Å². The summed E-state index contributed by atoms with van der Waals surface area (Å²) < 4.78 is 121. The predicted octanol–water partition coefficient (Wildman–Crippen LogP) is 8.70.